The molecule has 1 fully saturated rings. The van der Waals surface area contributed by atoms with Crippen LogP contribution in [0.25, 0.3) is 0 Å². The van der Waals surface area contributed by atoms with Crippen LogP contribution < -0.4 is 5.32 Å². The summed E-state index contributed by atoms with van der Waals surface area (Å²) in [5, 5.41) is 6.99. The van der Waals surface area contributed by atoms with Crippen molar-refractivity contribution in [2.45, 2.75) is 46.0 Å². The third-order valence-corrected chi connectivity index (χ3v) is 4.79. The Balaban J connectivity index is 1.94. The van der Waals surface area contributed by atoms with Gasteiger partial charge < -0.3 is 10.2 Å². The summed E-state index contributed by atoms with van der Waals surface area (Å²) in [4.78, 5) is 14.2. The van der Waals surface area contributed by atoms with E-state index in [1.807, 2.05) is 18.1 Å². The molecule has 2 amide bonds. The number of hydrogen-bond donors (Lipinski definition) is 1. The Bertz CT molecular complexity index is 450. The smallest absolute Gasteiger partial charge is 0.321 e. The van der Waals surface area contributed by atoms with Crippen LogP contribution in [0.2, 0.25) is 0 Å². The van der Waals surface area contributed by atoms with Gasteiger partial charge in [0.2, 0.25) is 0 Å². The summed E-state index contributed by atoms with van der Waals surface area (Å²) in [6, 6.07) is 0.000932. The SMILES string of the molecule is CCC1(CC)CCCN(C(=O)Nc2cnn(C)c2)CC1. The molecule has 0 saturated carbocycles. The molecule has 0 spiro atoms. The molecule has 5 heteroatoms. The summed E-state index contributed by atoms with van der Waals surface area (Å²) in [5.41, 5.74) is 1.20. The van der Waals surface area contributed by atoms with Crippen LogP contribution in [0.3, 0.4) is 0 Å². The van der Waals surface area contributed by atoms with Gasteiger partial charge in [-0.1, -0.05) is 26.7 Å². The van der Waals surface area contributed by atoms with E-state index in [9.17, 15) is 4.79 Å². The summed E-state index contributed by atoms with van der Waals surface area (Å²) >= 11 is 0. The number of aryl methyl sites for hydroxylation is 1. The lowest BCUT2D eigenvalue weighted by atomic mass is 9.76. The van der Waals surface area contributed by atoms with Gasteiger partial charge in [-0.05, 0) is 24.7 Å². The van der Waals surface area contributed by atoms with Crippen LogP contribution in [0.1, 0.15) is 46.0 Å². The van der Waals surface area contributed by atoms with Crippen molar-refractivity contribution in [3.63, 3.8) is 0 Å². The Morgan fingerprint density at radius 1 is 1.35 bits per heavy atom. The fraction of sp³-hybridized carbons (Fsp3) is 0.733. The van der Waals surface area contributed by atoms with Crippen molar-refractivity contribution in [3.8, 4) is 0 Å². The number of likely N-dealkylation sites (tertiary alicyclic amines) is 1. The minimum atomic E-state index is 0.000932. The second kappa shape index (κ2) is 6.29. The molecular formula is C15H26N4O. The Morgan fingerprint density at radius 3 is 2.70 bits per heavy atom. The maximum atomic E-state index is 12.3. The highest BCUT2D eigenvalue weighted by atomic mass is 16.2. The largest absolute Gasteiger partial charge is 0.325 e. The molecule has 5 nitrogen and oxygen atoms in total. The number of amides is 2. The van der Waals surface area contributed by atoms with Gasteiger partial charge in [-0.3, -0.25) is 4.68 Å². The highest BCUT2D eigenvalue weighted by Gasteiger charge is 2.30. The topological polar surface area (TPSA) is 50.2 Å². The van der Waals surface area contributed by atoms with Gasteiger partial charge in [-0.15, -0.1) is 0 Å². The molecule has 1 aromatic heterocycles. The number of nitrogens with zero attached hydrogens (tertiary/aromatic N) is 3. The van der Waals surface area contributed by atoms with E-state index in [4.69, 9.17) is 0 Å². The predicted octanol–water partition coefficient (Wildman–Crippen LogP) is 3.24. The Morgan fingerprint density at radius 2 is 2.10 bits per heavy atom. The van der Waals surface area contributed by atoms with Crippen molar-refractivity contribution in [1.29, 1.82) is 0 Å². The predicted molar refractivity (Wildman–Crippen MR) is 80.7 cm³/mol. The molecule has 1 saturated heterocycles. The highest BCUT2D eigenvalue weighted by molar-refractivity contribution is 5.89. The average Bonchev–Trinajstić information content (AvgIpc) is 2.74. The van der Waals surface area contributed by atoms with Gasteiger partial charge in [0, 0.05) is 26.3 Å². The molecule has 1 aliphatic rings. The molecule has 0 aliphatic carbocycles. The number of nitrogens with one attached hydrogen (secondary N) is 1. The van der Waals surface area contributed by atoms with Gasteiger partial charge in [-0.2, -0.15) is 5.10 Å². The molecule has 0 bridgehead atoms. The molecular weight excluding hydrogens is 252 g/mol. The van der Waals surface area contributed by atoms with Gasteiger partial charge in [-0.25, -0.2) is 4.79 Å². The zero-order valence-electron chi connectivity index (χ0n) is 12.9. The normalized spacial score (nSPS) is 18.6. The van der Waals surface area contributed by atoms with E-state index in [0.717, 1.165) is 31.6 Å². The quantitative estimate of drug-likeness (QED) is 0.922. The molecule has 1 N–H and O–H groups in total. The summed E-state index contributed by atoms with van der Waals surface area (Å²) in [6.07, 6.45) is 9.36. The third kappa shape index (κ3) is 3.32. The van der Waals surface area contributed by atoms with Crippen LogP contribution in [-0.4, -0.2) is 33.8 Å². The summed E-state index contributed by atoms with van der Waals surface area (Å²) in [5.74, 6) is 0. The van der Waals surface area contributed by atoms with Gasteiger partial charge >= 0.3 is 6.03 Å². The molecule has 0 atom stereocenters. The maximum absolute atomic E-state index is 12.3. The fourth-order valence-corrected chi connectivity index (χ4v) is 3.10. The second-order valence-electron chi connectivity index (χ2n) is 5.88. The Labute approximate surface area is 121 Å². The first-order chi connectivity index (χ1) is 9.58. The summed E-state index contributed by atoms with van der Waals surface area (Å²) in [6.45, 7) is 6.26. The maximum Gasteiger partial charge on any atom is 0.321 e. The van der Waals surface area contributed by atoms with Crippen molar-refractivity contribution in [1.82, 2.24) is 14.7 Å². The molecule has 1 aliphatic heterocycles. The molecule has 112 valence electrons. The van der Waals surface area contributed by atoms with Crippen molar-refractivity contribution >= 4 is 11.7 Å². The third-order valence-electron chi connectivity index (χ3n) is 4.79. The van der Waals surface area contributed by atoms with E-state index in [1.54, 1.807) is 10.9 Å². The number of hydrogen-bond acceptors (Lipinski definition) is 2. The first kappa shape index (κ1) is 14.9. The van der Waals surface area contributed by atoms with Crippen LogP contribution in [0.15, 0.2) is 12.4 Å². The van der Waals surface area contributed by atoms with Crippen LogP contribution in [0.4, 0.5) is 10.5 Å². The lowest BCUT2D eigenvalue weighted by Crippen LogP contribution is -2.36. The van der Waals surface area contributed by atoms with Crippen molar-refractivity contribution < 1.29 is 4.79 Å². The number of anilines is 1. The second-order valence-corrected chi connectivity index (χ2v) is 5.88. The van der Waals surface area contributed by atoms with Crippen molar-refractivity contribution in [3.05, 3.63) is 12.4 Å². The fourth-order valence-electron chi connectivity index (χ4n) is 3.10. The van der Waals surface area contributed by atoms with Crippen LogP contribution >= 0.6 is 0 Å². The lowest BCUT2D eigenvalue weighted by molar-refractivity contribution is 0.201. The molecule has 0 unspecified atom stereocenters. The minimum absolute atomic E-state index is 0.000932. The van der Waals surface area contributed by atoms with Crippen LogP contribution in [0.5, 0.6) is 0 Å². The first-order valence-electron chi connectivity index (χ1n) is 7.63. The molecule has 2 rings (SSSR count). The number of carbonyl (C=O) groups is 1. The summed E-state index contributed by atoms with van der Waals surface area (Å²) in [7, 11) is 1.85. The van der Waals surface area contributed by atoms with E-state index in [-0.39, 0.29) is 6.03 Å². The monoisotopic (exact) mass is 278 g/mol. The van der Waals surface area contributed by atoms with Crippen LogP contribution in [0, 0.1) is 5.41 Å². The zero-order chi connectivity index (χ0) is 14.6. The highest BCUT2D eigenvalue weighted by Crippen LogP contribution is 2.37. The van der Waals surface area contributed by atoms with E-state index in [1.165, 1.54) is 19.3 Å². The van der Waals surface area contributed by atoms with E-state index in [2.05, 4.69) is 24.3 Å². The van der Waals surface area contributed by atoms with Gasteiger partial charge in [0.25, 0.3) is 0 Å². The molecule has 2 heterocycles. The number of aromatic nitrogens is 2. The van der Waals surface area contributed by atoms with E-state index in [0.29, 0.717) is 5.41 Å². The standard InChI is InChI=1S/C15H26N4O/c1-4-15(5-2)7-6-9-19(10-8-15)14(20)17-13-11-16-18(3)12-13/h11-12H,4-10H2,1-3H3,(H,17,20). The molecule has 0 radical (unpaired) electrons. The van der Waals surface area contributed by atoms with Gasteiger partial charge in [0.05, 0.1) is 11.9 Å². The lowest BCUT2D eigenvalue weighted by Gasteiger charge is -2.30. The van der Waals surface area contributed by atoms with Crippen molar-refractivity contribution in [2.24, 2.45) is 12.5 Å². The Kier molecular flexibility index (Phi) is 4.68. The molecule has 20 heavy (non-hydrogen) atoms. The van der Waals surface area contributed by atoms with E-state index < -0.39 is 0 Å². The van der Waals surface area contributed by atoms with Gasteiger partial charge in [0.1, 0.15) is 0 Å². The minimum Gasteiger partial charge on any atom is -0.325 e. The van der Waals surface area contributed by atoms with E-state index >= 15 is 0 Å². The van der Waals surface area contributed by atoms with Crippen LogP contribution in [-0.2, 0) is 7.05 Å². The number of urea groups is 1. The summed E-state index contributed by atoms with van der Waals surface area (Å²) < 4.78 is 1.69. The van der Waals surface area contributed by atoms with Gasteiger partial charge in [0.15, 0.2) is 0 Å². The number of rotatable bonds is 3. The molecule has 0 aromatic carbocycles. The number of carbonyl (C=O) groups excluding carboxylic acids is 1. The first-order valence-corrected chi connectivity index (χ1v) is 7.63. The molecule has 1 aromatic rings. The zero-order valence-corrected chi connectivity index (χ0v) is 12.9. The van der Waals surface area contributed by atoms with Crippen molar-refractivity contribution in [2.75, 3.05) is 18.4 Å². The average molecular weight is 278 g/mol. The Hall–Kier alpha value is -1.52.